The molecule has 2 amide bonds. The van der Waals surface area contributed by atoms with Gasteiger partial charge in [-0.25, -0.2) is 9.78 Å². The van der Waals surface area contributed by atoms with E-state index in [4.69, 9.17) is 4.74 Å². The van der Waals surface area contributed by atoms with Crippen LogP contribution in [-0.2, 0) is 12.5 Å². The van der Waals surface area contributed by atoms with Crippen LogP contribution in [0.25, 0.3) is 0 Å². The molecule has 3 aromatic rings. The molecule has 0 saturated heterocycles. The topological polar surface area (TPSA) is 68.2 Å². The maximum Gasteiger partial charge on any atom is 0.315 e. The summed E-state index contributed by atoms with van der Waals surface area (Å²) < 4.78 is 7.17. The molecule has 1 atom stereocenters. The highest BCUT2D eigenvalue weighted by molar-refractivity contribution is 5.75. The molecule has 6 heteroatoms. The van der Waals surface area contributed by atoms with Crippen molar-refractivity contribution in [1.29, 1.82) is 0 Å². The van der Waals surface area contributed by atoms with Crippen LogP contribution >= 0.6 is 0 Å². The number of nitrogens with zero attached hydrogens (tertiary/aromatic N) is 2. The third-order valence-corrected chi connectivity index (χ3v) is 5.67. The Kier molecular flexibility index (Phi) is 5.25. The van der Waals surface area contributed by atoms with Crippen LogP contribution in [0.1, 0.15) is 35.8 Å². The summed E-state index contributed by atoms with van der Waals surface area (Å²) >= 11 is 0. The SMILES string of the molecule is COc1ccc(C(NC(=O)NCC2(c3ccccc3)CC2)c2nccn2C)cc1. The predicted octanol–water partition coefficient (Wildman–Crippen LogP) is 3.55. The Labute approximate surface area is 170 Å². The molecule has 0 spiro atoms. The van der Waals surface area contributed by atoms with Crippen molar-refractivity contribution in [1.82, 2.24) is 20.2 Å². The van der Waals surface area contributed by atoms with E-state index in [9.17, 15) is 4.79 Å². The van der Waals surface area contributed by atoms with Crippen molar-refractivity contribution in [2.75, 3.05) is 13.7 Å². The zero-order chi connectivity index (χ0) is 20.3. The van der Waals surface area contributed by atoms with Crippen LogP contribution in [0, 0.1) is 0 Å². The molecular formula is C23H26N4O2. The molecule has 1 aliphatic carbocycles. The van der Waals surface area contributed by atoms with E-state index >= 15 is 0 Å². The van der Waals surface area contributed by atoms with E-state index in [1.807, 2.05) is 48.1 Å². The molecule has 1 saturated carbocycles. The summed E-state index contributed by atoms with van der Waals surface area (Å²) in [4.78, 5) is 17.2. The van der Waals surface area contributed by atoms with Gasteiger partial charge in [-0.05, 0) is 36.1 Å². The number of aryl methyl sites for hydroxylation is 1. The molecule has 2 aromatic carbocycles. The van der Waals surface area contributed by atoms with E-state index in [-0.39, 0.29) is 17.5 Å². The van der Waals surface area contributed by atoms with Crippen molar-refractivity contribution in [2.24, 2.45) is 7.05 Å². The van der Waals surface area contributed by atoms with E-state index in [1.165, 1.54) is 5.56 Å². The molecule has 1 fully saturated rings. The Hall–Kier alpha value is -3.28. The van der Waals surface area contributed by atoms with Crippen molar-refractivity contribution in [2.45, 2.75) is 24.3 Å². The number of ether oxygens (including phenoxy) is 1. The van der Waals surface area contributed by atoms with Crippen molar-refractivity contribution >= 4 is 6.03 Å². The number of nitrogens with one attached hydrogen (secondary N) is 2. The average Bonchev–Trinajstić information content (AvgIpc) is 3.45. The van der Waals surface area contributed by atoms with E-state index < -0.39 is 0 Å². The predicted molar refractivity (Wildman–Crippen MR) is 112 cm³/mol. The summed E-state index contributed by atoms with van der Waals surface area (Å²) in [5.74, 6) is 1.55. The molecule has 0 bridgehead atoms. The van der Waals surface area contributed by atoms with Gasteiger partial charge in [-0.2, -0.15) is 0 Å². The molecule has 29 heavy (non-hydrogen) atoms. The highest BCUT2D eigenvalue weighted by atomic mass is 16.5. The number of carbonyl (C=O) groups excluding carboxylic acids is 1. The number of methoxy groups -OCH3 is 1. The molecule has 1 aliphatic rings. The molecule has 4 rings (SSSR count). The normalized spacial score (nSPS) is 15.4. The fraction of sp³-hybridized carbons (Fsp3) is 0.304. The minimum absolute atomic E-state index is 0.0669. The zero-order valence-corrected chi connectivity index (χ0v) is 16.8. The van der Waals surface area contributed by atoms with E-state index in [0.717, 1.165) is 30.0 Å². The van der Waals surface area contributed by atoms with Crippen molar-refractivity contribution in [3.05, 3.63) is 83.9 Å². The summed E-state index contributed by atoms with van der Waals surface area (Å²) in [5, 5.41) is 6.17. The van der Waals surface area contributed by atoms with Gasteiger partial charge in [-0.1, -0.05) is 42.5 Å². The van der Waals surface area contributed by atoms with E-state index in [0.29, 0.717) is 6.54 Å². The first-order valence-corrected chi connectivity index (χ1v) is 9.82. The zero-order valence-electron chi connectivity index (χ0n) is 16.8. The number of hydrogen-bond acceptors (Lipinski definition) is 3. The number of aromatic nitrogens is 2. The lowest BCUT2D eigenvalue weighted by Crippen LogP contribution is -2.42. The number of carbonyl (C=O) groups is 1. The number of amides is 2. The van der Waals surface area contributed by atoms with Gasteiger partial charge in [0.1, 0.15) is 17.6 Å². The lowest BCUT2D eigenvalue weighted by Gasteiger charge is -2.22. The van der Waals surface area contributed by atoms with E-state index in [1.54, 1.807) is 13.3 Å². The number of benzene rings is 2. The van der Waals surface area contributed by atoms with Crippen LogP contribution in [0.4, 0.5) is 4.79 Å². The average molecular weight is 390 g/mol. The first kappa shape index (κ1) is 19.1. The standard InChI is InChI=1S/C23H26N4O2/c1-27-15-14-24-21(27)20(17-8-10-19(29-2)11-9-17)26-22(28)25-16-23(12-13-23)18-6-4-3-5-7-18/h3-11,14-15,20H,12-13,16H2,1-2H3,(H2,25,26,28). The fourth-order valence-electron chi connectivity index (χ4n) is 3.69. The summed E-state index contributed by atoms with van der Waals surface area (Å²) in [6.07, 6.45) is 5.80. The quantitative estimate of drug-likeness (QED) is 0.648. The molecule has 0 radical (unpaired) electrons. The summed E-state index contributed by atoms with van der Waals surface area (Å²) in [5.41, 5.74) is 2.30. The molecule has 2 N–H and O–H groups in total. The molecule has 1 aromatic heterocycles. The van der Waals surface area contributed by atoms with Crippen LogP contribution in [0.15, 0.2) is 67.0 Å². The second kappa shape index (κ2) is 7.99. The summed E-state index contributed by atoms with van der Waals surface area (Å²) in [6, 6.07) is 17.5. The second-order valence-corrected chi connectivity index (χ2v) is 7.58. The number of hydrogen-bond donors (Lipinski definition) is 2. The molecule has 1 unspecified atom stereocenters. The molecule has 1 heterocycles. The Balaban J connectivity index is 1.47. The van der Waals surface area contributed by atoms with Crippen LogP contribution in [0.2, 0.25) is 0 Å². The Morgan fingerprint density at radius 2 is 1.90 bits per heavy atom. The van der Waals surface area contributed by atoms with Crippen LogP contribution in [-0.4, -0.2) is 29.2 Å². The van der Waals surface area contributed by atoms with Crippen LogP contribution in [0.5, 0.6) is 5.75 Å². The van der Waals surface area contributed by atoms with Gasteiger partial charge >= 0.3 is 6.03 Å². The number of imidazole rings is 1. The Bertz CT molecular complexity index is 962. The molecular weight excluding hydrogens is 364 g/mol. The van der Waals surface area contributed by atoms with Crippen molar-refractivity contribution in [3.63, 3.8) is 0 Å². The monoisotopic (exact) mass is 390 g/mol. The largest absolute Gasteiger partial charge is 0.497 e. The summed E-state index contributed by atoms with van der Waals surface area (Å²) in [7, 11) is 3.56. The first-order chi connectivity index (χ1) is 14.1. The minimum atomic E-state index is -0.354. The highest BCUT2D eigenvalue weighted by Gasteiger charge is 2.44. The van der Waals surface area contributed by atoms with Crippen molar-refractivity contribution in [3.8, 4) is 5.75 Å². The lowest BCUT2D eigenvalue weighted by atomic mass is 9.96. The maximum atomic E-state index is 12.8. The first-order valence-electron chi connectivity index (χ1n) is 9.82. The molecule has 6 nitrogen and oxygen atoms in total. The fourth-order valence-corrected chi connectivity index (χ4v) is 3.69. The van der Waals surface area contributed by atoms with Crippen LogP contribution in [0.3, 0.4) is 0 Å². The minimum Gasteiger partial charge on any atom is -0.497 e. The number of rotatable bonds is 7. The van der Waals surface area contributed by atoms with Gasteiger partial charge in [0.25, 0.3) is 0 Å². The highest BCUT2D eigenvalue weighted by Crippen LogP contribution is 2.47. The van der Waals surface area contributed by atoms with E-state index in [2.05, 4.69) is 39.9 Å². The van der Waals surface area contributed by atoms with Gasteiger partial charge in [0.05, 0.1) is 7.11 Å². The number of urea groups is 1. The molecule has 150 valence electrons. The Morgan fingerprint density at radius 1 is 1.17 bits per heavy atom. The third kappa shape index (κ3) is 4.11. The van der Waals surface area contributed by atoms with Gasteiger partial charge in [0, 0.05) is 31.4 Å². The van der Waals surface area contributed by atoms with Gasteiger partial charge < -0.3 is 19.9 Å². The summed E-state index contributed by atoms with van der Waals surface area (Å²) in [6.45, 7) is 0.624. The van der Waals surface area contributed by atoms with Gasteiger partial charge in [-0.15, -0.1) is 0 Å². The second-order valence-electron chi connectivity index (χ2n) is 7.58. The third-order valence-electron chi connectivity index (χ3n) is 5.67. The lowest BCUT2D eigenvalue weighted by molar-refractivity contribution is 0.237. The molecule has 0 aliphatic heterocycles. The van der Waals surface area contributed by atoms with Crippen LogP contribution < -0.4 is 15.4 Å². The Morgan fingerprint density at radius 3 is 2.48 bits per heavy atom. The van der Waals surface area contributed by atoms with Gasteiger partial charge in [0.15, 0.2) is 0 Å². The van der Waals surface area contributed by atoms with Gasteiger partial charge in [-0.3, -0.25) is 0 Å². The maximum absolute atomic E-state index is 12.8. The van der Waals surface area contributed by atoms with Gasteiger partial charge in [0.2, 0.25) is 0 Å². The van der Waals surface area contributed by atoms with Crippen molar-refractivity contribution < 1.29 is 9.53 Å². The smallest absolute Gasteiger partial charge is 0.315 e.